The summed E-state index contributed by atoms with van der Waals surface area (Å²) >= 11 is 0. The zero-order chi connectivity index (χ0) is 20.0. The van der Waals surface area contributed by atoms with Crippen molar-refractivity contribution in [2.75, 3.05) is 20.1 Å². The fraction of sp³-hybridized carbons (Fsp3) is 0.500. The summed E-state index contributed by atoms with van der Waals surface area (Å²) in [7, 11) is 0.137. The molecule has 1 saturated heterocycles. The summed E-state index contributed by atoms with van der Waals surface area (Å²) < 4.78 is 28.7. The number of nitrogens with zero attached hydrogens (tertiary/aromatic N) is 5. The van der Waals surface area contributed by atoms with Gasteiger partial charge in [0.2, 0.25) is 10.0 Å². The first-order chi connectivity index (χ1) is 13.5. The number of benzene rings is 1. The van der Waals surface area contributed by atoms with Crippen LogP contribution in [0.2, 0.25) is 0 Å². The Bertz CT molecular complexity index is 900. The smallest absolute Gasteiger partial charge is 0.243 e. The summed E-state index contributed by atoms with van der Waals surface area (Å²) in [5.74, 6) is 1.43. The minimum atomic E-state index is -3.39. The zero-order valence-electron chi connectivity index (χ0n) is 16.3. The highest BCUT2D eigenvalue weighted by Crippen LogP contribution is 2.20. The Morgan fingerprint density at radius 2 is 1.79 bits per heavy atom. The molecule has 3 rings (SSSR count). The van der Waals surface area contributed by atoms with E-state index < -0.39 is 10.0 Å². The maximum Gasteiger partial charge on any atom is 0.243 e. The van der Waals surface area contributed by atoms with Gasteiger partial charge in [-0.05, 0) is 30.5 Å². The van der Waals surface area contributed by atoms with E-state index in [1.807, 2.05) is 19.2 Å². The van der Waals surface area contributed by atoms with Gasteiger partial charge in [-0.1, -0.05) is 18.6 Å². The number of hydrogen-bond donors (Lipinski definition) is 2. The molecule has 0 radical (unpaired) electrons. The predicted octanol–water partition coefficient (Wildman–Crippen LogP) is 0.855. The van der Waals surface area contributed by atoms with Crippen LogP contribution in [0, 0.1) is 0 Å². The SMILES string of the molecule is CN=C(NCc1ccc(S(=O)(=O)N2CCCCC2)cc1)NCc1ncnn1C. The molecule has 0 bridgehead atoms. The average Bonchev–Trinajstić information content (AvgIpc) is 3.14. The van der Waals surface area contributed by atoms with E-state index >= 15 is 0 Å². The molecule has 0 unspecified atom stereocenters. The van der Waals surface area contributed by atoms with Crippen molar-refractivity contribution in [3.8, 4) is 0 Å². The van der Waals surface area contributed by atoms with Gasteiger partial charge >= 0.3 is 0 Å². The third-order valence-electron chi connectivity index (χ3n) is 4.78. The average molecular weight is 406 g/mol. The Morgan fingerprint density at radius 1 is 1.11 bits per heavy atom. The van der Waals surface area contributed by atoms with Crippen molar-refractivity contribution in [3.05, 3.63) is 42.0 Å². The summed E-state index contributed by atoms with van der Waals surface area (Å²) in [6.07, 6.45) is 4.47. The number of guanidine groups is 1. The van der Waals surface area contributed by atoms with Gasteiger partial charge in [0.15, 0.2) is 5.96 Å². The molecule has 0 saturated carbocycles. The molecule has 1 aliphatic heterocycles. The second-order valence-electron chi connectivity index (χ2n) is 6.69. The van der Waals surface area contributed by atoms with Crippen molar-refractivity contribution < 1.29 is 8.42 Å². The second-order valence-corrected chi connectivity index (χ2v) is 8.63. The first kappa shape index (κ1) is 20.3. The van der Waals surface area contributed by atoms with Gasteiger partial charge in [-0.2, -0.15) is 9.40 Å². The molecule has 0 spiro atoms. The molecule has 152 valence electrons. The van der Waals surface area contributed by atoms with Gasteiger partial charge in [-0.3, -0.25) is 9.67 Å². The molecule has 0 aliphatic carbocycles. The first-order valence-corrected chi connectivity index (χ1v) is 10.8. The van der Waals surface area contributed by atoms with Gasteiger partial charge in [-0.25, -0.2) is 13.4 Å². The molecule has 1 aliphatic rings. The van der Waals surface area contributed by atoms with Crippen molar-refractivity contribution in [3.63, 3.8) is 0 Å². The van der Waals surface area contributed by atoms with Crippen LogP contribution in [-0.2, 0) is 30.2 Å². The summed E-state index contributed by atoms with van der Waals surface area (Å²) in [6, 6.07) is 7.02. The summed E-state index contributed by atoms with van der Waals surface area (Å²) in [6.45, 7) is 2.25. The molecule has 1 aromatic carbocycles. The zero-order valence-corrected chi connectivity index (χ0v) is 17.1. The van der Waals surface area contributed by atoms with Crippen molar-refractivity contribution >= 4 is 16.0 Å². The molecular formula is C18H27N7O2S. The molecule has 28 heavy (non-hydrogen) atoms. The van der Waals surface area contributed by atoms with Gasteiger partial charge in [0.25, 0.3) is 0 Å². The summed E-state index contributed by atoms with van der Waals surface area (Å²) in [4.78, 5) is 8.69. The van der Waals surface area contributed by atoms with Crippen LogP contribution in [0.15, 0.2) is 40.5 Å². The molecule has 1 fully saturated rings. The minimum Gasteiger partial charge on any atom is -0.352 e. The van der Waals surface area contributed by atoms with Crippen molar-refractivity contribution in [1.82, 2.24) is 29.7 Å². The van der Waals surface area contributed by atoms with Crippen LogP contribution in [0.3, 0.4) is 0 Å². The molecule has 2 aromatic rings. The number of aryl methyl sites for hydroxylation is 1. The number of piperidine rings is 1. The lowest BCUT2D eigenvalue weighted by Crippen LogP contribution is -2.37. The number of sulfonamides is 1. The minimum absolute atomic E-state index is 0.350. The molecular weight excluding hydrogens is 378 g/mol. The van der Waals surface area contributed by atoms with Gasteiger partial charge in [-0.15, -0.1) is 0 Å². The van der Waals surface area contributed by atoms with E-state index in [4.69, 9.17) is 0 Å². The van der Waals surface area contributed by atoms with Crippen LogP contribution in [0.5, 0.6) is 0 Å². The molecule has 10 heteroatoms. The van der Waals surface area contributed by atoms with Crippen LogP contribution in [0.4, 0.5) is 0 Å². The Balaban J connectivity index is 1.55. The lowest BCUT2D eigenvalue weighted by Gasteiger charge is -2.25. The second kappa shape index (κ2) is 9.16. The molecule has 2 N–H and O–H groups in total. The first-order valence-electron chi connectivity index (χ1n) is 9.37. The van der Waals surface area contributed by atoms with Crippen LogP contribution in [0.1, 0.15) is 30.7 Å². The summed E-state index contributed by atoms with van der Waals surface area (Å²) in [5, 5.41) is 10.4. The van der Waals surface area contributed by atoms with Gasteiger partial charge < -0.3 is 10.6 Å². The van der Waals surface area contributed by atoms with Crippen LogP contribution in [-0.4, -0.2) is 53.6 Å². The Kier molecular flexibility index (Phi) is 6.63. The number of aliphatic imine (C=N–C) groups is 1. The lowest BCUT2D eigenvalue weighted by atomic mass is 10.2. The Hall–Kier alpha value is -2.46. The number of aromatic nitrogens is 3. The van der Waals surface area contributed by atoms with Crippen molar-refractivity contribution in [2.24, 2.45) is 12.0 Å². The molecule has 2 heterocycles. The normalized spacial score (nSPS) is 16.1. The Labute approximate surface area is 165 Å². The standard InChI is InChI=1S/C18H27N7O2S/c1-19-18(21-13-17-22-14-23-24(17)2)20-12-15-6-8-16(9-7-15)28(26,27)25-10-4-3-5-11-25/h6-9,14H,3-5,10-13H2,1-2H3,(H2,19,20,21). The van der Waals surface area contributed by atoms with Gasteiger partial charge in [0, 0.05) is 33.7 Å². The van der Waals surface area contributed by atoms with E-state index in [-0.39, 0.29) is 0 Å². The fourth-order valence-electron chi connectivity index (χ4n) is 3.08. The van der Waals surface area contributed by atoms with E-state index in [1.165, 1.54) is 6.33 Å². The maximum atomic E-state index is 12.7. The quantitative estimate of drug-likeness (QED) is 0.546. The van der Waals surface area contributed by atoms with Crippen LogP contribution in [0.25, 0.3) is 0 Å². The van der Waals surface area contributed by atoms with Crippen molar-refractivity contribution in [1.29, 1.82) is 0 Å². The largest absolute Gasteiger partial charge is 0.352 e. The van der Waals surface area contributed by atoms with E-state index in [0.717, 1.165) is 30.7 Å². The van der Waals surface area contributed by atoms with Crippen LogP contribution < -0.4 is 10.6 Å². The Morgan fingerprint density at radius 3 is 2.39 bits per heavy atom. The predicted molar refractivity (Wildman–Crippen MR) is 107 cm³/mol. The summed E-state index contributed by atoms with van der Waals surface area (Å²) in [5.41, 5.74) is 0.971. The van der Waals surface area contributed by atoms with Gasteiger partial charge in [0.05, 0.1) is 11.4 Å². The fourth-order valence-corrected chi connectivity index (χ4v) is 4.60. The van der Waals surface area contributed by atoms with Crippen LogP contribution >= 0.6 is 0 Å². The maximum absolute atomic E-state index is 12.7. The molecule has 0 atom stereocenters. The highest BCUT2D eigenvalue weighted by atomic mass is 32.2. The van der Waals surface area contributed by atoms with Gasteiger partial charge in [0.1, 0.15) is 12.2 Å². The van der Waals surface area contributed by atoms with E-state index in [0.29, 0.717) is 37.0 Å². The molecule has 0 amide bonds. The molecule has 9 nitrogen and oxygen atoms in total. The van der Waals surface area contributed by atoms with Crippen molar-refractivity contribution in [2.45, 2.75) is 37.2 Å². The third-order valence-corrected chi connectivity index (χ3v) is 6.69. The van der Waals surface area contributed by atoms with E-state index in [1.54, 1.807) is 28.2 Å². The monoisotopic (exact) mass is 405 g/mol. The number of hydrogen-bond acceptors (Lipinski definition) is 5. The van der Waals surface area contributed by atoms with E-state index in [9.17, 15) is 8.42 Å². The van der Waals surface area contributed by atoms with E-state index in [2.05, 4.69) is 25.7 Å². The molecule has 1 aromatic heterocycles. The highest BCUT2D eigenvalue weighted by Gasteiger charge is 2.25. The lowest BCUT2D eigenvalue weighted by molar-refractivity contribution is 0.346. The number of rotatable bonds is 6. The third kappa shape index (κ3) is 4.87. The highest BCUT2D eigenvalue weighted by molar-refractivity contribution is 7.89. The topological polar surface area (TPSA) is 105 Å². The number of nitrogens with one attached hydrogen (secondary N) is 2.